The van der Waals surface area contributed by atoms with Crippen LogP contribution in [0.5, 0.6) is 5.75 Å². The van der Waals surface area contributed by atoms with Crippen LogP contribution in [0.3, 0.4) is 0 Å². The number of carbonyl (C=O) groups excluding carboxylic acids is 1. The van der Waals surface area contributed by atoms with Crippen LogP contribution in [0.15, 0.2) is 84.6 Å². The van der Waals surface area contributed by atoms with Crippen molar-refractivity contribution in [2.24, 2.45) is 5.92 Å². The molecule has 1 aromatic heterocycles. The van der Waals surface area contributed by atoms with Gasteiger partial charge in [0.2, 0.25) is 0 Å². The van der Waals surface area contributed by atoms with E-state index in [1.807, 2.05) is 72.8 Å². The van der Waals surface area contributed by atoms with Gasteiger partial charge in [-0.2, -0.15) is 0 Å². The lowest BCUT2D eigenvalue weighted by atomic mass is 9.89. The monoisotopic (exact) mass is 562 g/mol. The molecule has 200 valence electrons. The molecule has 2 atom stereocenters. The lowest BCUT2D eigenvalue weighted by molar-refractivity contribution is 0.0425. The second kappa shape index (κ2) is 11.3. The van der Waals surface area contributed by atoms with Crippen LogP contribution in [0.1, 0.15) is 36.3 Å². The van der Waals surface area contributed by atoms with E-state index in [0.29, 0.717) is 21.4 Å². The predicted molar refractivity (Wildman–Crippen MR) is 154 cm³/mol. The highest BCUT2D eigenvalue weighted by Gasteiger charge is 2.41. The first-order chi connectivity index (χ1) is 18.8. The van der Waals surface area contributed by atoms with Crippen LogP contribution in [-0.2, 0) is 15.1 Å². The van der Waals surface area contributed by atoms with E-state index in [1.54, 1.807) is 6.07 Å². The van der Waals surface area contributed by atoms with Gasteiger partial charge in [-0.3, -0.25) is 0 Å². The zero-order chi connectivity index (χ0) is 27.6. The average Bonchev–Trinajstić information content (AvgIpc) is 3.40. The number of halogens is 2. The van der Waals surface area contributed by atoms with E-state index < -0.39 is 11.5 Å². The van der Waals surface area contributed by atoms with Gasteiger partial charge in [0.05, 0.1) is 12.6 Å². The number of nitrogens with zero attached hydrogens (tertiary/aromatic N) is 1. The van der Waals surface area contributed by atoms with E-state index in [2.05, 4.69) is 24.3 Å². The van der Waals surface area contributed by atoms with Crippen LogP contribution in [0.2, 0.25) is 10.0 Å². The van der Waals surface area contributed by atoms with Crippen molar-refractivity contribution in [3.05, 3.63) is 106 Å². The molecule has 1 aliphatic rings. The van der Waals surface area contributed by atoms with Gasteiger partial charge in [-0.15, -0.1) is 5.48 Å². The number of benzene rings is 3. The van der Waals surface area contributed by atoms with Gasteiger partial charge in [0.1, 0.15) is 29.3 Å². The molecule has 6 nitrogen and oxygen atoms in total. The van der Waals surface area contributed by atoms with Gasteiger partial charge < -0.3 is 14.3 Å². The smallest absolute Gasteiger partial charge is 0.356 e. The van der Waals surface area contributed by atoms with E-state index in [4.69, 9.17) is 37.5 Å². The van der Waals surface area contributed by atoms with Crippen LogP contribution >= 0.6 is 23.2 Å². The van der Waals surface area contributed by atoms with Crippen molar-refractivity contribution < 1.29 is 19.1 Å². The van der Waals surface area contributed by atoms with Gasteiger partial charge in [-0.1, -0.05) is 67.4 Å². The van der Waals surface area contributed by atoms with Gasteiger partial charge in [0, 0.05) is 26.9 Å². The fourth-order valence-electron chi connectivity index (χ4n) is 4.55. The molecule has 1 N–H and O–H groups in total. The standard InChI is InChI=1S/C31H28Cl2N2O4/c1-4-19(2)28-17-31(35-39-28,29-24(32)6-5-7-25(29)33)18-38-23-12-8-20(9-13-23)21-10-14-26-22(16-21)11-15-27(34-26)30(36)37-3/h5-17,19,35H,4,18H2,1-3H3/t19-,31?/m0/s1. The molecule has 0 spiro atoms. The van der Waals surface area contributed by atoms with Crippen LogP contribution in [-0.4, -0.2) is 24.7 Å². The maximum absolute atomic E-state index is 11.8. The first-order valence-corrected chi connectivity index (χ1v) is 13.4. The van der Waals surface area contributed by atoms with Crippen molar-refractivity contribution in [1.29, 1.82) is 0 Å². The maximum Gasteiger partial charge on any atom is 0.356 e. The summed E-state index contributed by atoms with van der Waals surface area (Å²) in [5.41, 5.74) is 6.06. The molecule has 0 saturated carbocycles. The lowest BCUT2D eigenvalue weighted by Crippen LogP contribution is -2.42. The van der Waals surface area contributed by atoms with Gasteiger partial charge >= 0.3 is 5.97 Å². The molecule has 0 bridgehead atoms. The number of carbonyl (C=O) groups is 1. The zero-order valence-corrected chi connectivity index (χ0v) is 23.3. The fraction of sp³-hybridized carbons (Fsp3) is 0.226. The van der Waals surface area contributed by atoms with Gasteiger partial charge in [0.25, 0.3) is 0 Å². The van der Waals surface area contributed by atoms with Crippen molar-refractivity contribution in [1.82, 2.24) is 10.5 Å². The van der Waals surface area contributed by atoms with Crippen molar-refractivity contribution in [2.75, 3.05) is 13.7 Å². The number of hydroxylamine groups is 1. The van der Waals surface area contributed by atoms with Crippen molar-refractivity contribution in [3.63, 3.8) is 0 Å². The Labute approximate surface area is 237 Å². The Bertz CT molecular complexity index is 1530. The highest BCUT2D eigenvalue weighted by molar-refractivity contribution is 6.36. The summed E-state index contributed by atoms with van der Waals surface area (Å²) >= 11 is 13.2. The minimum atomic E-state index is -0.846. The summed E-state index contributed by atoms with van der Waals surface area (Å²) in [6.07, 6.45) is 2.96. The molecule has 2 heterocycles. The van der Waals surface area contributed by atoms with E-state index >= 15 is 0 Å². The van der Waals surface area contributed by atoms with E-state index in [0.717, 1.165) is 34.2 Å². The molecule has 39 heavy (non-hydrogen) atoms. The van der Waals surface area contributed by atoms with E-state index in [-0.39, 0.29) is 18.2 Å². The Morgan fingerprint density at radius 1 is 1.03 bits per heavy atom. The number of ether oxygens (including phenoxy) is 2. The summed E-state index contributed by atoms with van der Waals surface area (Å²) in [5.74, 6) is 1.29. The third kappa shape index (κ3) is 5.46. The van der Waals surface area contributed by atoms with Crippen LogP contribution in [0, 0.1) is 5.92 Å². The molecule has 0 fully saturated rings. The number of methoxy groups -OCH3 is 1. The van der Waals surface area contributed by atoms with Gasteiger partial charge in [-0.25, -0.2) is 9.78 Å². The molecule has 0 aliphatic carbocycles. The highest BCUT2D eigenvalue weighted by Crippen LogP contribution is 2.41. The molecular formula is C31H28Cl2N2O4. The molecule has 1 aliphatic heterocycles. The van der Waals surface area contributed by atoms with Crippen molar-refractivity contribution in [3.8, 4) is 16.9 Å². The molecule has 4 aromatic rings. The third-order valence-corrected chi connectivity index (χ3v) is 7.61. The molecule has 1 unspecified atom stereocenters. The number of nitrogens with one attached hydrogen (secondary N) is 1. The summed E-state index contributed by atoms with van der Waals surface area (Å²) in [4.78, 5) is 22.1. The number of pyridine rings is 1. The highest BCUT2D eigenvalue weighted by atomic mass is 35.5. The summed E-state index contributed by atoms with van der Waals surface area (Å²) in [7, 11) is 1.34. The molecule has 5 rings (SSSR count). The Kier molecular flexibility index (Phi) is 7.80. The van der Waals surface area contributed by atoms with E-state index in [9.17, 15) is 4.79 Å². The number of aromatic nitrogens is 1. The number of esters is 1. The number of hydrogen-bond acceptors (Lipinski definition) is 6. The first kappa shape index (κ1) is 27.0. The molecule has 8 heteroatoms. The Morgan fingerprint density at radius 2 is 1.74 bits per heavy atom. The first-order valence-electron chi connectivity index (χ1n) is 12.7. The minimum Gasteiger partial charge on any atom is -0.491 e. The Morgan fingerprint density at radius 3 is 2.44 bits per heavy atom. The fourth-order valence-corrected chi connectivity index (χ4v) is 5.29. The van der Waals surface area contributed by atoms with Crippen molar-refractivity contribution in [2.45, 2.75) is 25.8 Å². The minimum absolute atomic E-state index is 0.222. The molecular weight excluding hydrogens is 535 g/mol. The summed E-state index contributed by atoms with van der Waals surface area (Å²) in [6, 6.07) is 22.7. The Balaban J connectivity index is 1.38. The predicted octanol–water partition coefficient (Wildman–Crippen LogP) is 7.73. The van der Waals surface area contributed by atoms with Crippen LogP contribution in [0.4, 0.5) is 0 Å². The zero-order valence-electron chi connectivity index (χ0n) is 21.8. The summed E-state index contributed by atoms with van der Waals surface area (Å²) < 4.78 is 11.0. The summed E-state index contributed by atoms with van der Waals surface area (Å²) in [6.45, 7) is 4.44. The largest absolute Gasteiger partial charge is 0.491 e. The SMILES string of the molecule is CC[C@H](C)C1=CC(COc2ccc(-c3ccc4nc(C(=O)OC)ccc4c3)cc2)(c2c(Cl)cccc2Cl)NO1. The number of allylic oxidation sites excluding steroid dienone is 1. The molecule has 0 radical (unpaired) electrons. The molecule has 3 aromatic carbocycles. The normalized spacial score (nSPS) is 17.4. The average molecular weight is 563 g/mol. The number of fused-ring (bicyclic) bond motifs is 1. The third-order valence-electron chi connectivity index (χ3n) is 6.98. The van der Waals surface area contributed by atoms with Gasteiger partial charge in [-0.05, 0) is 66.1 Å². The second-order valence-corrected chi connectivity index (χ2v) is 10.4. The van der Waals surface area contributed by atoms with Crippen molar-refractivity contribution >= 4 is 40.1 Å². The molecule has 0 amide bonds. The van der Waals surface area contributed by atoms with Crippen LogP contribution in [0.25, 0.3) is 22.0 Å². The number of rotatable bonds is 8. The molecule has 0 saturated heterocycles. The Hall–Kier alpha value is -3.58. The maximum atomic E-state index is 11.8. The topological polar surface area (TPSA) is 69.7 Å². The van der Waals surface area contributed by atoms with Gasteiger partial charge in [0.15, 0.2) is 0 Å². The summed E-state index contributed by atoms with van der Waals surface area (Å²) in [5, 5.41) is 1.99. The van der Waals surface area contributed by atoms with Crippen LogP contribution < -0.4 is 10.2 Å². The van der Waals surface area contributed by atoms with E-state index in [1.165, 1.54) is 7.11 Å². The second-order valence-electron chi connectivity index (χ2n) is 9.54. The quantitative estimate of drug-likeness (QED) is 0.221. The number of hydrogen-bond donors (Lipinski definition) is 1. The lowest BCUT2D eigenvalue weighted by Gasteiger charge is -2.28.